The van der Waals surface area contributed by atoms with Crippen LogP contribution in [0.15, 0.2) is 53.8 Å². The molecule has 0 saturated carbocycles. The molecule has 0 radical (unpaired) electrons. The number of fused-ring (bicyclic) bond motifs is 2. The minimum absolute atomic E-state index is 0.133. The molecule has 0 atom stereocenters. The number of H-pyrrole nitrogens is 1. The van der Waals surface area contributed by atoms with Crippen LogP contribution in [-0.2, 0) is 18.3 Å². The molecular weight excluding hydrogens is 482 g/mol. The van der Waals surface area contributed by atoms with E-state index >= 15 is 0 Å². The van der Waals surface area contributed by atoms with Crippen LogP contribution >= 0.6 is 0 Å². The van der Waals surface area contributed by atoms with Crippen molar-refractivity contribution in [1.29, 1.82) is 0 Å². The molecule has 1 aliphatic heterocycles. The smallest absolute Gasteiger partial charge is 0.276 e. The number of aromatic amines is 1. The summed E-state index contributed by atoms with van der Waals surface area (Å²) < 4.78 is 43.2. The molecule has 0 amide bonds. The summed E-state index contributed by atoms with van der Waals surface area (Å²) in [7, 11) is 1.64. The van der Waals surface area contributed by atoms with Gasteiger partial charge >= 0.3 is 0 Å². The third-order valence-corrected chi connectivity index (χ3v) is 6.69. The van der Waals surface area contributed by atoms with Gasteiger partial charge in [-0.15, -0.1) is 0 Å². The molecule has 11 heteroatoms. The van der Waals surface area contributed by atoms with Crippen molar-refractivity contribution < 1.29 is 18.3 Å². The molecular formula is C26H24F2N6O3. The van der Waals surface area contributed by atoms with Gasteiger partial charge in [-0.2, -0.15) is 5.10 Å². The lowest BCUT2D eigenvalue weighted by atomic mass is 10.0. The van der Waals surface area contributed by atoms with Gasteiger partial charge in [0.15, 0.2) is 17.3 Å². The van der Waals surface area contributed by atoms with Gasteiger partial charge in [0.1, 0.15) is 16.9 Å². The molecule has 9 nitrogen and oxygen atoms in total. The van der Waals surface area contributed by atoms with E-state index in [0.29, 0.717) is 39.8 Å². The molecule has 190 valence electrons. The number of morpholine rings is 1. The topological polar surface area (TPSA) is 90.2 Å². The molecule has 1 N–H and O–H groups in total. The van der Waals surface area contributed by atoms with Crippen LogP contribution in [0.5, 0.6) is 11.5 Å². The number of aromatic nitrogens is 5. The first-order valence-electron chi connectivity index (χ1n) is 11.9. The van der Waals surface area contributed by atoms with Crippen LogP contribution in [-0.4, -0.2) is 62.1 Å². The molecule has 1 fully saturated rings. The van der Waals surface area contributed by atoms with Crippen molar-refractivity contribution in [3.8, 4) is 22.6 Å². The maximum atomic E-state index is 14.7. The van der Waals surface area contributed by atoms with Gasteiger partial charge in [-0.25, -0.2) is 13.8 Å². The summed E-state index contributed by atoms with van der Waals surface area (Å²) in [5.74, 6) is -1.36. The minimum Gasteiger partial charge on any atom is -0.451 e. The monoisotopic (exact) mass is 506 g/mol. The Balaban J connectivity index is 1.49. The van der Waals surface area contributed by atoms with Crippen molar-refractivity contribution in [2.45, 2.75) is 6.54 Å². The van der Waals surface area contributed by atoms with Crippen LogP contribution in [0, 0.1) is 11.6 Å². The highest BCUT2D eigenvalue weighted by molar-refractivity contribution is 5.99. The second kappa shape index (κ2) is 9.41. The van der Waals surface area contributed by atoms with Crippen LogP contribution in [0.4, 0.5) is 8.78 Å². The maximum Gasteiger partial charge on any atom is 0.276 e. The summed E-state index contributed by atoms with van der Waals surface area (Å²) in [5, 5.41) is 7.40. The Bertz CT molecular complexity index is 1670. The second-order valence-corrected chi connectivity index (χ2v) is 9.00. The number of pyridine rings is 1. The zero-order valence-electron chi connectivity index (χ0n) is 20.1. The second-order valence-electron chi connectivity index (χ2n) is 9.00. The SMILES string of the molecule is Cn1cc(-c2ccc3c(ncn3CCN3CCOCC3)c2Oc2ccc(F)cc2F)c2cn[nH]c2c1=O. The van der Waals surface area contributed by atoms with Gasteiger partial charge < -0.3 is 18.6 Å². The Hall–Kier alpha value is -4.09. The normalized spacial score (nSPS) is 14.6. The van der Waals surface area contributed by atoms with Crippen LogP contribution < -0.4 is 10.3 Å². The van der Waals surface area contributed by atoms with Gasteiger partial charge in [0.2, 0.25) is 0 Å². The first-order chi connectivity index (χ1) is 18.0. The highest BCUT2D eigenvalue weighted by Crippen LogP contribution is 2.41. The van der Waals surface area contributed by atoms with Gasteiger partial charge in [0.25, 0.3) is 5.56 Å². The van der Waals surface area contributed by atoms with E-state index in [1.165, 1.54) is 10.6 Å². The summed E-state index contributed by atoms with van der Waals surface area (Å²) in [5.41, 5.74) is 2.70. The molecule has 4 heterocycles. The Morgan fingerprint density at radius 1 is 1.11 bits per heavy atom. The Morgan fingerprint density at radius 3 is 2.76 bits per heavy atom. The lowest BCUT2D eigenvalue weighted by Gasteiger charge is -2.26. The van der Waals surface area contributed by atoms with Gasteiger partial charge in [-0.1, -0.05) is 0 Å². The summed E-state index contributed by atoms with van der Waals surface area (Å²) >= 11 is 0. The van der Waals surface area contributed by atoms with E-state index in [1.54, 1.807) is 25.8 Å². The predicted molar refractivity (Wildman–Crippen MR) is 134 cm³/mol. The average Bonchev–Trinajstić information content (AvgIpc) is 3.55. The van der Waals surface area contributed by atoms with Crippen LogP contribution in [0.3, 0.4) is 0 Å². The average molecular weight is 507 g/mol. The summed E-state index contributed by atoms with van der Waals surface area (Å²) in [4.78, 5) is 19.5. The van der Waals surface area contributed by atoms with Crippen molar-refractivity contribution in [3.63, 3.8) is 0 Å². The Morgan fingerprint density at radius 2 is 1.95 bits per heavy atom. The first-order valence-corrected chi connectivity index (χ1v) is 11.9. The van der Waals surface area contributed by atoms with Crippen LogP contribution in [0.1, 0.15) is 0 Å². The number of halogens is 2. The molecule has 37 heavy (non-hydrogen) atoms. The highest BCUT2D eigenvalue weighted by atomic mass is 19.1. The number of ether oxygens (including phenoxy) is 2. The Labute approximate surface area is 209 Å². The molecule has 0 spiro atoms. The van der Waals surface area contributed by atoms with Crippen LogP contribution in [0.25, 0.3) is 33.1 Å². The number of aryl methyl sites for hydroxylation is 1. The minimum atomic E-state index is -0.830. The van der Waals surface area contributed by atoms with Crippen LogP contribution in [0.2, 0.25) is 0 Å². The van der Waals surface area contributed by atoms with E-state index < -0.39 is 11.6 Å². The van der Waals surface area contributed by atoms with Gasteiger partial charge in [0.05, 0.1) is 31.3 Å². The van der Waals surface area contributed by atoms with Gasteiger partial charge in [0, 0.05) is 62.0 Å². The van der Waals surface area contributed by atoms with E-state index in [1.807, 2.05) is 16.7 Å². The van der Waals surface area contributed by atoms with Crippen molar-refractivity contribution in [1.82, 2.24) is 29.2 Å². The number of rotatable bonds is 6. The van der Waals surface area contributed by atoms with E-state index in [9.17, 15) is 13.6 Å². The van der Waals surface area contributed by atoms with E-state index in [2.05, 4.69) is 20.1 Å². The largest absolute Gasteiger partial charge is 0.451 e. The van der Waals surface area contributed by atoms with E-state index in [0.717, 1.165) is 50.5 Å². The lowest BCUT2D eigenvalue weighted by molar-refractivity contribution is 0.0365. The standard InChI is InChI=1S/C26H24F2N6O3/c1-32-14-19(18-13-30-31-23(18)26(32)35)17-3-4-21-24(25(17)37-22-5-2-16(27)12-20(22)28)29-15-34(21)7-6-33-8-10-36-11-9-33/h2-5,12-15H,6-11H2,1H3,(H,30,31). The predicted octanol–water partition coefficient (Wildman–Crippen LogP) is 3.68. The molecule has 3 aromatic heterocycles. The number of nitrogens with zero attached hydrogens (tertiary/aromatic N) is 5. The van der Waals surface area contributed by atoms with E-state index in [-0.39, 0.29) is 11.3 Å². The number of benzene rings is 2. The third kappa shape index (κ3) is 4.25. The third-order valence-electron chi connectivity index (χ3n) is 6.69. The molecule has 2 aromatic carbocycles. The fourth-order valence-corrected chi connectivity index (χ4v) is 4.71. The molecule has 5 aromatic rings. The number of nitrogens with one attached hydrogen (secondary N) is 1. The quantitative estimate of drug-likeness (QED) is 0.378. The summed E-state index contributed by atoms with van der Waals surface area (Å²) in [6.45, 7) is 4.72. The van der Waals surface area contributed by atoms with Gasteiger partial charge in [-0.3, -0.25) is 14.8 Å². The highest BCUT2D eigenvalue weighted by Gasteiger charge is 2.21. The molecule has 6 rings (SSSR count). The number of hydrogen-bond donors (Lipinski definition) is 1. The number of imidazole rings is 1. The van der Waals surface area contributed by atoms with Gasteiger partial charge in [-0.05, 0) is 24.3 Å². The maximum absolute atomic E-state index is 14.7. The van der Waals surface area contributed by atoms with Crippen molar-refractivity contribution >= 4 is 21.9 Å². The molecule has 0 bridgehead atoms. The molecule has 1 aliphatic rings. The zero-order chi connectivity index (χ0) is 25.5. The summed E-state index contributed by atoms with van der Waals surface area (Å²) in [6.07, 6.45) is 4.99. The first kappa shape index (κ1) is 23.3. The fraction of sp³-hybridized carbons (Fsp3) is 0.269. The van der Waals surface area contributed by atoms with E-state index in [4.69, 9.17) is 9.47 Å². The molecule has 0 unspecified atom stereocenters. The number of hydrogen-bond acceptors (Lipinski definition) is 6. The van der Waals surface area contributed by atoms with Crippen molar-refractivity contribution in [2.75, 3.05) is 32.8 Å². The van der Waals surface area contributed by atoms with Crippen molar-refractivity contribution in [3.05, 3.63) is 71.0 Å². The fourth-order valence-electron chi connectivity index (χ4n) is 4.71. The Kier molecular flexibility index (Phi) is 5.93. The lowest BCUT2D eigenvalue weighted by Crippen LogP contribution is -2.38. The zero-order valence-corrected chi connectivity index (χ0v) is 20.1. The molecule has 1 saturated heterocycles. The van der Waals surface area contributed by atoms with Crippen molar-refractivity contribution in [2.24, 2.45) is 7.05 Å². The summed E-state index contributed by atoms with van der Waals surface area (Å²) in [6, 6.07) is 6.95. The molecule has 0 aliphatic carbocycles.